The van der Waals surface area contributed by atoms with Gasteiger partial charge < -0.3 is 9.84 Å². The highest BCUT2D eigenvalue weighted by Crippen LogP contribution is 2.29. The number of ether oxygens (including phenoxy) is 1. The quantitative estimate of drug-likeness (QED) is 0.667. The highest BCUT2D eigenvalue weighted by Gasteiger charge is 2.27. The van der Waals surface area contributed by atoms with Crippen LogP contribution in [0.2, 0.25) is 0 Å². The number of hydrogen-bond donors (Lipinski definition) is 1. The fraction of sp³-hybridized carbons (Fsp3) is 0.273. The van der Waals surface area contributed by atoms with Crippen molar-refractivity contribution in [3.05, 3.63) is 54.1 Å². The molecule has 1 saturated heterocycles. The molecule has 1 aromatic heterocycles. The minimum atomic E-state index is -3.67. The van der Waals surface area contributed by atoms with E-state index in [0.29, 0.717) is 35.4 Å². The number of carboxylic acid groups (broad SMARTS) is 1. The Bertz CT molecular complexity index is 1200. The van der Waals surface area contributed by atoms with E-state index in [1.165, 1.54) is 22.5 Å². The summed E-state index contributed by atoms with van der Waals surface area (Å²) >= 11 is 0. The summed E-state index contributed by atoms with van der Waals surface area (Å²) in [5, 5.41) is 10.1. The van der Waals surface area contributed by atoms with Gasteiger partial charge in [0.05, 0.1) is 28.8 Å². The van der Waals surface area contributed by atoms with Crippen molar-refractivity contribution in [1.29, 1.82) is 0 Å². The van der Waals surface area contributed by atoms with Crippen LogP contribution in [0.5, 0.6) is 5.75 Å². The van der Waals surface area contributed by atoms with Crippen molar-refractivity contribution >= 4 is 26.9 Å². The number of sulfonamides is 1. The molecule has 2 heterocycles. The van der Waals surface area contributed by atoms with Crippen LogP contribution in [0.25, 0.3) is 22.2 Å². The van der Waals surface area contributed by atoms with Gasteiger partial charge in [0.25, 0.3) is 0 Å². The van der Waals surface area contributed by atoms with Gasteiger partial charge >= 0.3 is 5.97 Å². The Kier molecular flexibility index (Phi) is 5.44. The predicted molar refractivity (Wildman–Crippen MR) is 113 cm³/mol. The predicted octanol–water partition coefficient (Wildman–Crippen LogP) is 3.78. The molecule has 0 saturated carbocycles. The Labute approximate surface area is 175 Å². The number of aromatic carboxylic acids is 1. The molecule has 3 aromatic rings. The Balaban J connectivity index is 1.82. The van der Waals surface area contributed by atoms with E-state index in [1.54, 1.807) is 37.4 Å². The summed E-state index contributed by atoms with van der Waals surface area (Å²) in [5.74, 6) is -0.449. The Morgan fingerprint density at radius 1 is 1.03 bits per heavy atom. The molecule has 1 N–H and O–H groups in total. The van der Waals surface area contributed by atoms with Crippen molar-refractivity contribution in [3.63, 3.8) is 0 Å². The second kappa shape index (κ2) is 8.04. The van der Waals surface area contributed by atoms with Crippen molar-refractivity contribution in [2.24, 2.45) is 0 Å². The first-order chi connectivity index (χ1) is 14.4. The summed E-state index contributed by atoms with van der Waals surface area (Å²) < 4.78 is 32.6. The van der Waals surface area contributed by atoms with Crippen LogP contribution in [0.4, 0.5) is 0 Å². The lowest BCUT2D eigenvalue weighted by Gasteiger charge is -2.26. The first-order valence-electron chi connectivity index (χ1n) is 9.73. The van der Waals surface area contributed by atoms with Gasteiger partial charge in [-0.1, -0.05) is 6.42 Å². The number of benzene rings is 2. The third-order valence-electron chi connectivity index (χ3n) is 5.35. The number of pyridine rings is 1. The van der Waals surface area contributed by atoms with Gasteiger partial charge in [-0.05, 0) is 61.4 Å². The molecule has 7 nitrogen and oxygen atoms in total. The second-order valence-electron chi connectivity index (χ2n) is 7.23. The number of carbonyl (C=O) groups is 1. The van der Waals surface area contributed by atoms with Gasteiger partial charge in [-0.15, -0.1) is 0 Å². The SMILES string of the molecule is COc1ccc(-c2cc(C(=O)O)c3cc(S(=O)(=O)N4CCCCC4)ccc3n2)cc1. The lowest BCUT2D eigenvalue weighted by molar-refractivity contribution is 0.0699. The van der Waals surface area contributed by atoms with E-state index in [9.17, 15) is 18.3 Å². The van der Waals surface area contributed by atoms with Crippen molar-refractivity contribution < 1.29 is 23.1 Å². The van der Waals surface area contributed by atoms with Gasteiger partial charge in [0, 0.05) is 24.0 Å². The van der Waals surface area contributed by atoms with Gasteiger partial charge in [0.2, 0.25) is 10.0 Å². The fourth-order valence-electron chi connectivity index (χ4n) is 3.71. The Morgan fingerprint density at radius 3 is 2.37 bits per heavy atom. The molecule has 0 aliphatic carbocycles. The number of methoxy groups -OCH3 is 1. The van der Waals surface area contributed by atoms with Crippen molar-refractivity contribution in [2.45, 2.75) is 24.2 Å². The topological polar surface area (TPSA) is 96.8 Å². The molecular weight excluding hydrogens is 404 g/mol. The van der Waals surface area contributed by atoms with Crippen LogP contribution in [-0.2, 0) is 10.0 Å². The van der Waals surface area contributed by atoms with Gasteiger partial charge in [-0.3, -0.25) is 0 Å². The van der Waals surface area contributed by atoms with Gasteiger partial charge in [0.1, 0.15) is 5.75 Å². The molecule has 0 unspecified atom stereocenters. The fourth-order valence-corrected chi connectivity index (χ4v) is 5.25. The molecule has 1 aliphatic rings. The summed E-state index contributed by atoms with van der Waals surface area (Å²) in [6.07, 6.45) is 2.69. The van der Waals surface area contributed by atoms with Crippen molar-refractivity contribution in [2.75, 3.05) is 20.2 Å². The van der Waals surface area contributed by atoms with Gasteiger partial charge in [0.15, 0.2) is 0 Å². The molecule has 30 heavy (non-hydrogen) atoms. The maximum atomic E-state index is 13.0. The zero-order valence-corrected chi connectivity index (χ0v) is 17.4. The number of carboxylic acids is 1. The highest BCUT2D eigenvalue weighted by molar-refractivity contribution is 7.89. The Hall–Kier alpha value is -2.97. The van der Waals surface area contributed by atoms with Crippen molar-refractivity contribution in [1.82, 2.24) is 9.29 Å². The average Bonchev–Trinajstić information content (AvgIpc) is 2.78. The zero-order valence-electron chi connectivity index (χ0n) is 16.5. The van der Waals surface area contributed by atoms with Crippen LogP contribution in [0.3, 0.4) is 0 Å². The molecule has 2 aromatic carbocycles. The van der Waals surface area contributed by atoms with Gasteiger partial charge in [-0.2, -0.15) is 4.31 Å². The van der Waals surface area contributed by atoms with E-state index in [4.69, 9.17) is 4.74 Å². The molecule has 1 fully saturated rings. The molecular formula is C22H22N2O5S. The number of hydrogen-bond acceptors (Lipinski definition) is 5. The molecule has 4 rings (SSSR count). The van der Waals surface area contributed by atoms with Crippen LogP contribution in [0.15, 0.2) is 53.4 Å². The minimum absolute atomic E-state index is 0.0153. The molecule has 0 bridgehead atoms. The minimum Gasteiger partial charge on any atom is -0.497 e. The highest BCUT2D eigenvalue weighted by atomic mass is 32.2. The molecule has 0 amide bonds. The molecule has 156 valence electrons. The molecule has 0 spiro atoms. The first kappa shape index (κ1) is 20.3. The number of nitrogens with zero attached hydrogens (tertiary/aromatic N) is 2. The maximum absolute atomic E-state index is 13.0. The lowest BCUT2D eigenvalue weighted by atomic mass is 10.0. The van der Waals surface area contributed by atoms with E-state index in [2.05, 4.69) is 4.98 Å². The van der Waals surface area contributed by atoms with Crippen LogP contribution in [0, 0.1) is 0 Å². The van der Waals surface area contributed by atoms with Gasteiger partial charge in [-0.25, -0.2) is 18.2 Å². The summed E-state index contributed by atoms with van der Waals surface area (Å²) in [6.45, 7) is 0.974. The van der Waals surface area contributed by atoms with E-state index < -0.39 is 16.0 Å². The summed E-state index contributed by atoms with van der Waals surface area (Å²) in [5.41, 5.74) is 1.68. The van der Waals surface area contributed by atoms with E-state index >= 15 is 0 Å². The molecule has 0 radical (unpaired) electrons. The standard InChI is InChI=1S/C22H22N2O5S/c1-29-16-7-5-15(6-8-16)21-14-19(22(25)26)18-13-17(9-10-20(18)23-21)30(27,28)24-11-3-2-4-12-24/h5-10,13-14H,2-4,11-12H2,1H3,(H,25,26). The van der Waals surface area contributed by atoms with Crippen LogP contribution >= 0.6 is 0 Å². The van der Waals surface area contributed by atoms with Crippen LogP contribution in [0.1, 0.15) is 29.6 Å². The monoisotopic (exact) mass is 426 g/mol. The average molecular weight is 426 g/mol. The third-order valence-corrected chi connectivity index (χ3v) is 7.24. The largest absolute Gasteiger partial charge is 0.497 e. The number of aromatic nitrogens is 1. The van der Waals surface area contributed by atoms with Crippen LogP contribution < -0.4 is 4.74 Å². The van der Waals surface area contributed by atoms with E-state index in [-0.39, 0.29) is 10.5 Å². The van der Waals surface area contributed by atoms with Crippen LogP contribution in [-0.4, -0.2) is 49.0 Å². The Morgan fingerprint density at radius 2 is 1.73 bits per heavy atom. The molecule has 1 aliphatic heterocycles. The summed E-state index contributed by atoms with van der Waals surface area (Å²) in [4.78, 5) is 16.6. The summed E-state index contributed by atoms with van der Waals surface area (Å²) in [6, 6.07) is 13.1. The van der Waals surface area contributed by atoms with E-state index in [0.717, 1.165) is 24.8 Å². The smallest absolute Gasteiger partial charge is 0.336 e. The first-order valence-corrected chi connectivity index (χ1v) is 11.2. The molecule has 8 heteroatoms. The number of piperidine rings is 1. The number of rotatable bonds is 5. The summed E-state index contributed by atoms with van der Waals surface area (Å²) in [7, 11) is -2.10. The van der Waals surface area contributed by atoms with E-state index in [1.807, 2.05) is 0 Å². The molecule has 0 atom stereocenters. The lowest BCUT2D eigenvalue weighted by Crippen LogP contribution is -2.35. The maximum Gasteiger partial charge on any atom is 0.336 e. The zero-order chi connectivity index (χ0) is 21.3. The second-order valence-corrected chi connectivity index (χ2v) is 9.17. The third kappa shape index (κ3) is 3.76. The van der Waals surface area contributed by atoms with Crippen molar-refractivity contribution in [3.8, 4) is 17.0 Å². The number of fused-ring (bicyclic) bond motifs is 1. The normalized spacial score (nSPS) is 15.2.